The van der Waals surface area contributed by atoms with Gasteiger partial charge in [0, 0.05) is 18.2 Å². The van der Waals surface area contributed by atoms with Gasteiger partial charge in [-0.15, -0.1) is 0 Å². The largest absolute Gasteiger partial charge is 0.392 e. The molecule has 0 saturated carbocycles. The molecule has 29 heavy (non-hydrogen) atoms. The summed E-state index contributed by atoms with van der Waals surface area (Å²) in [6, 6.07) is 4.36. The summed E-state index contributed by atoms with van der Waals surface area (Å²) in [6.45, 7) is 2.35. The van der Waals surface area contributed by atoms with Crippen molar-refractivity contribution in [1.82, 2.24) is 10.2 Å². The Kier molecular flexibility index (Phi) is 4.26. The molecular weight excluding hydrogens is 398 g/mol. The topological polar surface area (TPSA) is 108 Å². The van der Waals surface area contributed by atoms with Crippen LogP contribution in [0.4, 0.5) is 5.69 Å². The van der Waals surface area contributed by atoms with Gasteiger partial charge in [0.25, 0.3) is 0 Å². The summed E-state index contributed by atoms with van der Waals surface area (Å²) >= 11 is 6.27. The zero-order chi connectivity index (χ0) is 20.5. The summed E-state index contributed by atoms with van der Waals surface area (Å²) in [5, 5.41) is 16.7. The molecule has 3 fully saturated rings. The molecule has 4 heterocycles. The lowest BCUT2D eigenvalue weighted by atomic mass is 9.76. The molecule has 9 heteroatoms. The van der Waals surface area contributed by atoms with Crippen molar-refractivity contribution >= 4 is 35.0 Å². The lowest BCUT2D eigenvalue weighted by Crippen LogP contribution is -2.55. The van der Waals surface area contributed by atoms with Gasteiger partial charge in [0.05, 0.1) is 41.3 Å². The van der Waals surface area contributed by atoms with Crippen LogP contribution in [0.3, 0.4) is 0 Å². The summed E-state index contributed by atoms with van der Waals surface area (Å²) in [6.07, 6.45) is 0.561. The van der Waals surface area contributed by atoms with Crippen LogP contribution in [-0.4, -0.2) is 59.1 Å². The van der Waals surface area contributed by atoms with E-state index in [1.165, 1.54) is 4.90 Å². The van der Waals surface area contributed by atoms with Crippen molar-refractivity contribution in [2.75, 3.05) is 18.5 Å². The maximum Gasteiger partial charge on any atom is 0.250 e. The fourth-order valence-electron chi connectivity index (χ4n) is 5.37. The number of likely N-dealkylation sites (tertiary alicyclic amines) is 1. The number of imide groups is 1. The Morgan fingerprint density at radius 1 is 1.34 bits per heavy atom. The predicted octanol–water partition coefficient (Wildman–Crippen LogP) is 0.620. The number of rotatable bonds is 3. The highest BCUT2D eigenvalue weighted by atomic mass is 35.5. The van der Waals surface area contributed by atoms with Gasteiger partial charge in [0.2, 0.25) is 17.7 Å². The van der Waals surface area contributed by atoms with Crippen LogP contribution in [0.2, 0.25) is 5.02 Å². The van der Waals surface area contributed by atoms with E-state index < -0.39 is 41.3 Å². The Hall–Kier alpha value is -2.00. The summed E-state index contributed by atoms with van der Waals surface area (Å²) in [5.41, 5.74) is -0.465. The molecule has 1 spiro atoms. The van der Waals surface area contributed by atoms with E-state index in [1.54, 1.807) is 25.1 Å². The standard InChI is InChI=1S/C20H22ClN3O5/c1-9(25)15-13-14(18(27)24(17(13)26)8-10-4-3-7-29-10)20(23-15)11-5-2-6-12(21)16(11)22-19(20)28/h2,5-6,9-10,13-15,23,25H,3-4,7-8H2,1H3,(H,22,28)/t9-,10-,13-,14-,15-,20-/m0/s1. The Bertz CT molecular complexity index is 915. The van der Waals surface area contributed by atoms with Gasteiger partial charge in [-0.1, -0.05) is 23.7 Å². The molecule has 4 aliphatic heterocycles. The molecule has 5 rings (SSSR count). The van der Waals surface area contributed by atoms with Crippen LogP contribution >= 0.6 is 11.6 Å². The second-order valence-corrected chi connectivity index (χ2v) is 8.67. The number of hydrogen-bond donors (Lipinski definition) is 3. The Labute approximate surface area is 172 Å². The minimum atomic E-state index is -1.44. The van der Waals surface area contributed by atoms with Crippen LogP contribution in [0.5, 0.6) is 0 Å². The second-order valence-electron chi connectivity index (χ2n) is 8.26. The van der Waals surface area contributed by atoms with Crippen LogP contribution < -0.4 is 10.6 Å². The van der Waals surface area contributed by atoms with Crippen LogP contribution in [-0.2, 0) is 24.7 Å². The summed E-state index contributed by atoms with van der Waals surface area (Å²) in [4.78, 5) is 41.2. The molecule has 0 bridgehead atoms. The normalized spacial score (nSPS) is 36.7. The first-order valence-corrected chi connectivity index (χ1v) is 10.3. The van der Waals surface area contributed by atoms with E-state index in [0.29, 0.717) is 22.9 Å². The van der Waals surface area contributed by atoms with Gasteiger partial charge in [0.1, 0.15) is 5.54 Å². The molecule has 6 atom stereocenters. The number of halogens is 1. The number of carbonyl (C=O) groups is 3. The molecule has 3 saturated heterocycles. The molecule has 3 amide bonds. The number of benzene rings is 1. The van der Waals surface area contributed by atoms with Gasteiger partial charge < -0.3 is 15.2 Å². The quantitative estimate of drug-likeness (QED) is 0.620. The van der Waals surface area contributed by atoms with Crippen molar-refractivity contribution in [1.29, 1.82) is 0 Å². The van der Waals surface area contributed by atoms with Crippen molar-refractivity contribution in [3.8, 4) is 0 Å². The molecule has 1 aromatic rings. The average Bonchev–Trinajstić information content (AvgIpc) is 3.42. The van der Waals surface area contributed by atoms with Crippen molar-refractivity contribution in [3.63, 3.8) is 0 Å². The van der Waals surface area contributed by atoms with Crippen molar-refractivity contribution in [2.24, 2.45) is 11.8 Å². The fourth-order valence-corrected chi connectivity index (χ4v) is 5.59. The van der Waals surface area contributed by atoms with E-state index in [1.807, 2.05) is 0 Å². The second kappa shape index (κ2) is 6.50. The first-order valence-electron chi connectivity index (χ1n) is 9.89. The van der Waals surface area contributed by atoms with Crippen LogP contribution in [0.25, 0.3) is 0 Å². The Morgan fingerprint density at radius 3 is 2.83 bits per heavy atom. The predicted molar refractivity (Wildman–Crippen MR) is 103 cm³/mol. The molecular formula is C20H22ClN3O5. The zero-order valence-electron chi connectivity index (χ0n) is 15.9. The average molecular weight is 420 g/mol. The SMILES string of the molecule is C[C@H](O)[C@@H]1N[C@]2(C(=O)Nc3c(Cl)cccc32)[C@@H]2C(=O)N(C[C@@H]3CCCO3)C(=O)[C@H]12. The third-order valence-electron chi connectivity index (χ3n) is 6.66. The van der Waals surface area contributed by atoms with E-state index in [0.717, 1.165) is 12.8 Å². The first-order chi connectivity index (χ1) is 13.9. The number of nitrogens with zero attached hydrogens (tertiary/aromatic N) is 1. The highest BCUT2D eigenvalue weighted by Crippen LogP contribution is 2.54. The number of ether oxygens (including phenoxy) is 1. The zero-order valence-corrected chi connectivity index (χ0v) is 16.6. The Morgan fingerprint density at radius 2 is 2.14 bits per heavy atom. The number of aliphatic hydroxyl groups excluding tert-OH is 1. The van der Waals surface area contributed by atoms with Crippen LogP contribution in [0.15, 0.2) is 18.2 Å². The first kappa shape index (κ1) is 19.0. The van der Waals surface area contributed by atoms with Crippen LogP contribution in [0.1, 0.15) is 25.3 Å². The van der Waals surface area contributed by atoms with E-state index >= 15 is 0 Å². The monoisotopic (exact) mass is 419 g/mol. The lowest BCUT2D eigenvalue weighted by molar-refractivity contribution is -0.144. The molecule has 0 aliphatic carbocycles. The third-order valence-corrected chi connectivity index (χ3v) is 6.97. The number of anilines is 1. The van der Waals surface area contributed by atoms with Gasteiger partial charge in [-0.25, -0.2) is 0 Å². The minimum absolute atomic E-state index is 0.178. The smallest absolute Gasteiger partial charge is 0.250 e. The molecule has 154 valence electrons. The number of aliphatic hydroxyl groups is 1. The maximum atomic E-state index is 13.5. The number of amides is 3. The van der Waals surface area contributed by atoms with Gasteiger partial charge in [-0.2, -0.15) is 0 Å². The van der Waals surface area contributed by atoms with E-state index in [4.69, 9.17) is 16.3 Å². The third kappa shape index (κ3) is 2.46. The molecule has 0 unspecified atom stereocenters. The number of fused-ring (bicyclic) bond motifs is 4. The molecule has 1 aromatic carbocycles. The number of hydrogen-bond acceptors (Lipinski definition) is 6. The minimum Gasteiger partial charge on any atom is -0.392 e. The van der Waals surface area contributed by atoms with Crippen LogP contribution in [0, 0.1) is 11.8 Å². The number of para-hydroxylation sites is 1. The van der Waals surface area contributed by atoms with Crippen molar-refractivity contribution in [3.05, 3.63) is 28.8 Å². The molecule has 0 aromatic heterocycles. The molecule has 3 N–H and O–H groups in total. The molecule has 4 aliphatic rings. The number of carbonyl (C=O) groups excluding carboxylic acids is 3. The van der Waals surface area contributed by atoms with Crippen molar-refractivity contribution < 1.29 is 24.2 Å². The fraction of sp³-hybridized carbons (Fsp3) is 0.550. The number of nitrogens with one attached hydrogen (secondary N) is 2. The molecule has 8 nitrogen and oxygen atoms in total. The van der Waals surface area contributed by atoms with Crippen molar-refractivity contribution in [2.45, 2.75) is 43.6 Å². The lowest BCUT2D eigenvalue weighted by Gasteiger charge is -2.30. The summed E-state index contributed by atoms with van der Waals surface area (Å²) in [5.74, 6) is -2.99. The van der Waals surface area contributed by atoms with Gasteiger partial charge >= 0.3 is 0 Å². The van der Waals surface area contributed by atoms with Gasteiger partial charge in [-0.3, -0.25) is 24.6 Å². The highest BCUT2D eigenvalue weighted by Gasteiger charge is 2.71. The van der Waals surface area contributed by atoms with E-state index in [-0.39, 0.29) is 18.6 Å². The summed E-state index contributed by atoms with van der Waals surface area (Å²) < 4.78 is 5.61. The van der Waals surface area contributed by atoms with Gasteiger partial charge in [0.15, 0.2) is 0 Å². The maximum absolute atomic E-state index is 13.5. The van der Waals surface area contributed by atoms with Gasteiger partial charge in [-0.05, 0) is 25.8 Å². The molecule has 0 radical (unpaired) electrons. The summed E-state index contributed by atoms with van der Waals surface area (Å²) in [7, 11) is 0. The van der Waals surface area contributed by atoms with E-state index in [2.05, 4.69) is 10.6 Å². The van der Waals surface area contributed by atoms with E-state index in [9.17, 15) is 19.5 Å². The Balaban J connectivity index is 1.61. The highest BCUT2D eigenvalue weighted by molar-refractivity contribution is 6.35.